The minimum Gasteiger partial charge on any atom is -0.503 e. The Hall–Kier alpha value is -3.14. The number of fused-ring (bicyclic) bond motifs is 2. The summed E-state index contributed by atoms with van der Waals surface area (Å²) in [4.78, 5) is 39.7. The fourth-order valence-corrected chi connectivity index (χ4v) is 4.20. The Labute approximate surface area is 173 Å². The lowest BCUT2D eigenvalue weighted by atomic mass is 10.1. The van der Waals surface area contributed by atoms with Gasteiger partial charge in [-0.2, -0.15) is 5.10 Å². The maximum Gasteiger partial charge on any atom is 0.276 e. The molecule has 2 aliphatic heterocycles. The highest BCUT2D eigenvalue weighted by atomic mass is 16.5. The van der Waals surface area contributed by atoms with E-state index < -0.39 is 29.2 Å². The van der Waals surface area contributed by atoms with Crippen molar-refractivity contribution in [1.82, 2.24) is 24.6 Å². The number of rotatable bonds is 4. The summed E-state index contributed by atoms with van der Waals surface area (Å²) < 4.78 is 8.90. The number of aryl methyl sites for hydroxylation is 2. The van der Waals surface area contributed by atoms with Crippen LogP contribution in [0.25, 0.3) is 0 Å². The third kappa shape index (κ3) is 2.98. The highest BCUT2D eigenvalue weighted by molar-refractivity contribution is 5.99. The smallest absolute Gasteiger partial charge is 0.276 e. The lowest BCUT2D eigenvalue weighted by Crippen LogP contribution is -2.49. The number of hydrogen-bond acceptors (Lipinski definition) is 6. The fraction of sp³-hybridized carbons (Fsp3) is 0.500. The lowest BCUT2D eigenvalue weighted by molar-refractivity contribution is 0.00624. The molecular formula is C20H25N5O5. The van der Waals surface area contributed by atoms with Gasteiger partial charge in [-0.25, -0.2) is 0 Å². The van der Waals surface area contributed by atoms with E-state index in [1.165, 1.54) is 15.7 Å². The second-order valence-electron chi connectivity index (χ2n) is 7.72. The van der Waals surface area contributed by atoms with Crippen LogP contribution in [0, 0.1) is 13.8 Å². The summed E-state index contributed by atoms with van der Waals surface area (Å²) in [5, 5.41) is 17.6. The monoisotopic (exact) mass is 415 g/mol. The minimum absolute atomic E-state index is 0.110. The molecule has 2 aromatic heterocycles. The molecule has 0 bridgehead atoms. The minimum atomic E-state index is -0.865. The van der Waals surface area contributed by atoms with Crippen molar-refractivity contribution in [3.63, 3.8) is 0 Å². The second kappa shape index (κ2) is 7.28. The number of hydrogen-bond donors (Lipinski definition) is 2. The molecule has 4 rings (SSSR count). The Kier molecular flexibility index (Phi) is 4.89. The van der Waals surface area contributed by atoms with E-state index in [9.17, 15) is 19.5 Å². The quantitative estimate of drug-likeness (QED) is 0.752. The summed E-state index contributed by atoms with van der Waals surface area (Å²) in [6, 6.07) is -0.149. The predicted octanol–water partition coefficient (Wildman–Crippen LogP) is 0.518. The first-order chi connectivity index (χ1) is 14.2. The van der Waals surface area contributed by atoms with Crippen molar-refractivity contribution in [1.29, 1.82) is 0 Å². The molecular weight excluding hydrogens is 390 g/mol. The Morgan fingerprint density at radius 2 is 2.10 bits per heavy atom. The molecule has 0 spiro atoms. The van der Waals surface area contributed by atoms with Gasteiger partial charge in [0.2, 0.25) is 5.43 Å². The Morgan fingerprint density at radius 1 is 1.37 bits per heavy atom. The first kappa shape index (κ1) is 20.1. The van der Waals surface area contributed by atoms with Gasteiger partial charge in [0.15, 0.2) is 17.7 Å². The van der Waals surface area contributed by atoms with Crippen molar-refractivity contribution in [2.45, 2.75) is 59.6 Å². The summed E-state index contributed by atoms with van der Waals surface area (Å²) in [5.74, 6) is -1.81. The van der Waals surface area contributed by atoms with Crippen LogP contribution < -0.4 is 10.7 Å². The van der Waals surface area contributed by atoms with Crippen molar-refractivity contribution in [2.24, 2.45) is 0 Å². The number of nitrogens with zero attached hydrogens (tertiary/aromatic N) is 4. The average Bonchev–Trinajstić information content (AvgIpc) is 3.21. The summed E-state index contributed by atoms with van der Waals surface area (Å²) in [6.45, 7) is 9.15. The summed E-state index contributed by atoms with van der Waals surface area (Å²) in [5.41, 5.74) is 1.43. The van der Waals surface area contributed by atoms with Crippen LogP contribution >= 0.6 is 0 Å². The number of amides is 2. The molecule has 160 valence electrons. The van der Waals surface area contributed by atoms with E-state index in [0.29, 0.717) is 13.2 Å². The Morgan fingerprint density at radius 3 is 2.77 bits per heavy atom. The van der Waals surface area contributed by atoms with Gasteiger partial charge in [0, 0.05) is 30.5 Å². The molecule has 2 aromatic rings. The van der Waals surface area contributed by atoms with E-state index >= 15 is 0 Å². The summed E-state index contributed by atoms with van der Waals surface area (Å²) in [6.07, 6.45) is 0.840. The number of carbonyl (C=O) groups excluding carboxylic acids is 2. The molecule has 0 unspecified atom stereocenters. The third-order valence-electron chi connectivity index (χ3n) is 5.86. The molecule has 0 aliphatic carbocycles. The van der Waals surface area contributed by atoms with E-state index in [2.05, 4.69) is 10.4 Å². The molecule has 2 aliphatic rings. The maximum atomic E-state index is 12.8. The normalized spacial score (nSPS) is 20.3. The number of pyridine rings is 1. The number of carbonyl (C=O) groups is 2. The van der Waals surface area contributed by atoms with Gasteiger partial charge in [0.25, 0.3) is 11.8 Å². The van der Waals surface area contributed by atoms with Gasteiger partial charge >= 0.3 is 0 Å². The molecule has 0 saturated carbocycles. The fourth-order valence-electron chi connectivity index (χ4n) is 4.20. The topological polar surface area (TPSA) is 119 Å². The van der Waals surface area contributed by atoms with E-state index in [-0.39, 0.29) is 30.4 Å². The molecule has 0 aromatic carbocycles. The van der Waals surface area contributed by atoms with E-state index in [1.807, 2.05) is 32.4 Å². The molecule has 30 heavy (non-hydrogen) atoms. The second-order valence-corrected chi connectivity index (χ2v) is 7.72. The lowest BCUT2D eigenvalue weighted by Gasteiger charge is -2.33. The molecule has 2 amide bonds. The number of nitrogens with one attached hydrogen (secondary N) is 1. The first-order valence-corrected chi connectivity index (χ1v) is 9.96. The van der Waals surface area contributed by atoms with Crippen LogP contribution in [-0.4, -0.2) is 55.0 Å². The van der Waals surface area contributed by atoms with Crippen molar-refractivity contribution in [2.75, 3.05) is 6.61 Å². The molecule has 10 heteroatoms. The van der Waals surface area contributed by atoms with Gasteiger partial charge in [0.1, 0.15) is 5.56 Å². The summed E-state index contributed by atoms with van der Waals surface area (Å²) in [7, 11) is 0. The van der Waals surface area contributed by atoms with Crippen LogP contribution in [-0.2, 0) is 24.4 Å². The van der Waals surface area contributed by atoms with Gasteiger partial charge in [-0.3, -0.25) is 19.1 Å². The molecule has 4 heterocycles. The van der Waals surface area contributed by atoms with Crippen LogP contribution in [0.3, 0.4) is 0 Å². The maximum absolute atomic E-state index is 12.8. The number of aromatic nitrogens is 3. The predicted molar refractivity (Wildman–Crippen MR) is 106 cm³/mol. The summed E-state index contributed by atoms with van der Waals surface area (Å²) >= 11 is 0. The van der Waals surface area contributed by atoms with Crippen molar-refractivity contribution >= 4 is 11.8 Å². The van der Waals surface area contributed by atoms with Crippen molar-refractivity contribution in [3.8, 4) is 5.75 Å². The van der Waals surface area contributed by atoms with E-state index in [4.69, 9.17) is 4.74 Å². The Balaban J connectivity index is 1.62. The van der Waals surface area contributed by atoms with Crippen molar-refractivity contribution < 1.29 is 19.4 Å². The van der Waals surface area contributed by atoms with Gasteiger partial charge in [0.05, 0.1) is 24.9 Å². The van der Waals surface area contributed by atoms with Gasteiger partial charge in [-0.05, 0) is 27.7 Å². The van der Waals surface area contributed by atoms with Crippen LogP contribution in [0.15, 0.2) is 11.0 Å². The van der Waals surface area contributed by atoms with Crippen LogP contribution in [0.4, 0.5) is 0 Å². The van der Waals surface area contributed by atoms with Crippen LogP contribution in [0.5, 0.6) is 5.75 Å². The third-order valence-corrected chi connectivity index (χ3v) is 5.86. The van der Waals surface area contributed by atoms with Gasteiger partial charge < -0.3 is 24.6 Å². The molecule has 1 fully saturated rings. The zero-order valence-corrected chi connectivity index (χ0v) is 17.4. The highest BCUT2D eigenvalue weighted by Crippen LogP contribution is 2.29. The SMILES string of the molecule is CCn1nc(C)c(CNC(=O)c2cn3c(c(O)c2=O)C(=O)N2[C@@H](C)CO[C@@H]2C3)c1C. The standard InChI is InChI=1S/C20H25N5O5/c1-5-24-12(4)13(11(3)22-24)6-21-19(28)14-7-23-8-15-25(10(2)9-30-15)20(29)16(23)18(27)17(14)26/h7,10,15,27H,5-6,8-9H2,1-4H3,(H,21,28)/t10-,15+/m0/s1. The molecule has 0 radical (unpaired) electrons. The number of ether oxygens (including phenoxy) is 1. The Bertz CT molecular complexity index is 1100. The van der Waals surface area contributed by atoms with Crippen molar-refractivity contribution in [3.05, 3.63) is 44.6 Å². The zero-order chi connectivity index (χ0) is 21.7. The van der Waals surface area contributed by atoms with Gasteiger partial charge in [-0.15, -0.1) is 0 Å². The first-order valence-electron chi connectivity index (χ1n) is 9.96. The van der Waals surface area contributed by atoms with Gasteiger partial charge in [-0.1, -0.05) is 0 Å². The van der Waals surface area contributed by atoms with Crippen LogP contribution in [0.1, 0.15) is 51.6 Å². The molecule has 2 N–H and O–H groups in total. The molecule has 10 nitrogen and oxygen atoms in total. The van der Waals surface area contributed by atoms with E-state index in [1.54, 1.807) is 0 Å². The number of aromatic hydroxyl groups is 1. The molecule has 1 saturated heterocycles. The molecule has 2 atom stereocenters. The van der Waals surface area contributed by atoms with Crippen LogP contribution in [0.2, 0.25) is 0 Å². The highest BCUT2D eigenvalue weighted by Gasteiger charge is 2.42. The van der Waals surface area contributed by atoms with E-state index in [0.717, 1.165) is 17.0 Å². The average molecular weight is 415 g/mol. The zero-order valence-electron chi connectivity index (χ0n) is 17.4. The largest absolute Gasteiger partial charge is 0.503 e.